The first-order valence-electron chi connectivity index (χ1n) is 7.16. The number of methoxy groups -OCH3 is 1. The van der Waals surface area contributed by atoms with E-state index in [0.717, 1.165) is 23.9 Å². The molecule has 19 heavy (non-hydrogen) atoms. The molecule has 2 rings (SSSR count). The van der Waals surface area contributed by atoms with E-state index in [9.17, 15) is 0 Å². The summed E-state index contributed by atoms with van der Waals surface area (Å²) in [5.41, 5.74) is 0.253. The van der Waals surface area contributed by atoms with Crippen LogP contribution < -0.4 is 9.47 Å². The van der Waals surface area contributed by atoms with E-state index in [1.54, 1.807) is 7.11 Å². The quantitative estimate of drug-likeness (QED) is 0.638. The molecule has 0 radical (unpaired) electrons. The van der Waals surface area contributed by atoms with E-state index >= 15 is 0 Å². The Bertz CT molecular complexity index is 384. The van der Waals surface area contributed by atoms with Gasteiger partial charge in [-0.3, -0.25) is 0 Å². The molecule has 0 aromatic heterocycles. The lowest BCUT2D eigenvalue weighted by molar-refractivity contribution is 0.148. The van der Waals surface area contributed by atoms with E-state index < -0.39 is 0 Å². The lowest BCUT2D eigenvalue weighted by atomic mass is 9.83. The molecule has 3 heteroatoms. The molecular weight excluding hydrogens is 256 g/mol. The molecule has 0 bridgehead atoms. The number of hydrogen-bond acceptors (Lipinski definition) is 3. The van der Waals surface area contributed by atoms with Crippen LogP contribution in [0, 0.1) is 5.41 Å². The minimum absolute atomic E-state index is 0.253. The second-order valence-electron chi connectivity index (χ2n) is 5.54. The van der Waals surface area contributed by atoms with Crippen LogP contribution in [0.2, 0.25) is 0 Å². The van der Waals surface area contributed by atoms with Gasteiger partial charge in [0.15, 0.2) is 0 Å². The van der Waals surface area contributed by atoms with Crippen molar-refractivity contribution in [3.05, 3.63) is 24.3 Å². The molecule has 0 heterocycles. The highest BCUT2D eigenvalue weighted by Gasteiger charge is 2.30. The zero-order chi connectivity index (χ0) is 13.6. The molecular formula is C16H24O2S. The molecule has 1 saturated carbocycles. The average Bonchev–Trinajstić information content (AvgIpc) is 2.71. The summed E-state index contributed by atoms with van der Waals surface area (Å²) in [4.78, 5) is 0. The molecule has 0 spiro atoms. The van der Waals surface area contributed by atoms with E-state index in [-0.39, 0.29) is 5.41 Å². The molecule has 0 unspecified atom stereocenters. The number of thiol groups is 1. The smallest absolute Gasteiger partial charge is 0.123 e. The van der Waals surface area contributed by atoms with Crippen LogP contribution in [-0.4, -0.2) is 19.5 Å². The van der Waals surface area contributed by atoms with Crippen molar-refractivity contribution in [2.75, 3.05) is 19.5 Å². The number of ether oxygens (including phenoxy) is 2. The van der Waals surface area contributed by atoms with Gasteiger partial charge in [-0.1, -0.05) is 31.7 Å². The molecule has 0 saturated heterocycles. The van der Waals surface area contributed by atoms with Gasteiger partial charge in [-0.05, 0) is 30.7 Å². The standard InChI is InChI=1S/C16H24O2S/c1-17-14-7-6-8-15(11-14)18-12-16(13-19)9-4-2-3-5-10-16/h6-8,11,19H,2-5,9-10,12-13H2,1H3. The Hall–Kier alpha value is -0.830. The van der Waals surface area contributed by atoms with Crippen molar-refractivity contribution in [2.24, 2.45) is 5.41 Å². The monoisotopic (exact) mass is 280 g/mol. The van der Waals surface area contributed by atoms with Crippen LogP contribution in [0.3, 0.4) is 0 Å². The summed E-state index contributed by atoms with van der Waals surface area (Å²) in [5.74, 6) is 2.65. The van der Waals surface area contributed by atoms with Gasteiger partial charge < -0.3 is 9.47 Å². The minimum Gasteiger partial charge on any atom is -0.497 e. The predicted octanol–water partition coefficient (Wildman–Crippen LogP) is 4.34. The number of rotatable bonds is 5. The van der Waals surface area contributed by atoms with Gasteiger partial charge in [0, 0.05) is 11.5 Å². The van der Waals surface area contributed by atoms with Gasteiger partial charge in [0.2, 0.25) is 0 Å². The van der Waals surface area contributed by atoms with Crippen LogP contribution in [0.15, 0.2) is 24.3 Å². The third-order valence-electron chi connectivity index (χ3n) is 4.09. The van der Waals surface area contributed by atoms with Gasteiger partial charge in [-0.2, -0.15) is 12.6 Å². The summed E-state index contributed by atoms with van der Waals surface area (Å²) >= 11 is 4.58. The zero-order valence-corrected chi connectivity index (χ0v) is 12.6. The van der Waals surface area contributed by atoms with Gasteiger partial charge in [-0.15, -0.1) is 0 Å². The van der Waals surface area contributed by atoms with Crippen LogP contribution in [0.1, 0.15) is 38.5 Å². The molecule has 1 fully saturated rings. The van der Waals surface area contributed by atoms with Crippen LogP contribution >= 0.6 is 12.6 Å². The Morgan fingerprint density at radius 2 is 1.79 bits per heavy atom. The summed E-state index contributed by atoms with van der Waals surface area (Å²) in [5, 5.41) is 0. The van der Waals surface area contributed by atoms with Crippen molar-refractivity contribution in [3.8, 4) is 11.5 Å². The van der Waals surface area contributed by atoms with E-state index in [0.29, 0.717) is 0 Å². The maximum atomic E-state index is 6.01. The molecule has 0 aliphatic heterocycles. The zero-order valence-electron chi connectivity index (χ0n) is 11.7. The first-order chi connectivity index (χ1) is 9.28. The fourth-order valence-electron chi connectivity index (χ4n) is 2.75. The molecule has 1 aliphatic carbocycles. The maximum Gasteiger partial charge on any atom is 0.123 e. The van der Waals surface area contributed by atoms with Crippen LogP contribution in [-0.2, 0) is 0 Å². The lowest BCUT2D eigenvalue weighted by Crippen LogP contribution is -2.30. The van der Waals surface area contributed by atoms with Crippen LogP contribution in [0.5, 0.6) is 11.5 Å². The van der Waals surface area contributed by atoms with Gasteiger partial charge in [-0.25, -0.2) is 0 Å². The normalized spacial score (nSPS) is 18.6. The molecule has 0 amide bonds. The van der Waals surface area contributed by atoms with Crippen molar-refractivity contribution in [1.82, 2.24) is 0 Å². The highest BCUT2D eigenvalue weighted by molar-refractivity contribution is 7.80. The average molecular weight is 280 g/mol. The molecule has 0 N–H and O–H groups in total. The van der Waals surface area contributed by atoms with Gasteiger partial charge in [0.05, 0.1) is 13.7 Å². The predicted molar refractivity (Wildman–Crippen MR) is 82.5 cm³/mol. The highest BCUT2D eigenvalue weighted by Crippen LogP contribution is 2.36. The summed E-state index contributed by atoms with van der Waals surface area (Å²) in [6, 6.07) is 7.84. The third kappa shape index (κ3) is 4.07. The fourth-order valence-corrected chi connectivity index (χ4v) is 3.16. The molecule has 106 valence electrons. The van der Waals surface area contributed by atoms with Gasteiger partial charge >= 0.3 is 0 Å². The maximum absolute atomic E-state index is 6.01. The van der Waals surface area contributed by atoms with E-state index in [4.69, 9.17) is 9.47 Å². The largest absolute Gasteiger partial charge is 0.497 e. The Morgan fingerprint density at radius 1 is 1.11 bits per heavy atom. The second kappa shape index (κ2) is 7.09. The first kappa shape index (κ1) is 14.6. The highest BCUT2D eigenvalue weighted by atomic mass is 32.1. The van der Waals surface area contributed by atoms with Crippen molar-refractivity contribution >= 4 is 12.6 Å². The SMILES string of the molecule is COc1cccc(OCC2(CS)CCCCCC2)c1. The Morgan fingerprint density at radius 3 is 2.42 bits per heavy atom. The summed E-state index contributed by atoms with van der Waals surface area (Å²) in [6.07, 6.45) is 7.80. The number of hydrogen-bond donors (Lipinski definition) is 1. The summed E-state index contributed by atoms with van der Waals surface area (Å²) < 4.78 is 11.2. The number of benzene rings is 1. The Kier molecular flexibility index (Phi) is 5.44. The van der Waals surface area contributed by atoms with Crippen molar-refractivity contribution in [1.29, 1.82) is 0 Å². The van der Waals surface area contributed by atoms with Crippen LogP contribution in [0.25, 0.3) is 0 Å². The van der Waals surface area contributed by atoms with E-state index in [1.165, 1.54) is 38.5 Å². The molecule has 0 atom stereocenters. The molecule has 1 aromatic carbocycles. The summed E-state index contributed by atoms with van der Waals surface area (Å²) in [7, 11) is 1.68. The Balaban J connectivity index is 1.98. The van der Waals surface area contributed by atoms with Crippen LogP contribution in [0.4, 0.5) is 0 Å². The molecule has 2 nitrogen and oxygen atoms in total. The topological polar surface area (TPSA) is 18.5 Å². The Labute approximate surface area is 121 Å². The van der Waals surface area contributed by atoms with Gasteiger partial charge in [0.1, 0.15) is 11.5 Å². The fraction of sp³-hybridized carbons (Fsp3) is 0.625. The van der Waals surface area contributed by atoms with Crippen molar-refractivity contribution in [2.45, 2.75) is 38.5 Å². The third-order valence-corrected chi connectivity index (χ3v) is 4.76. The molecule has 1 aliphatic rings. The van der Waals surface area contributed by atoms with Crippen molar-refractivity contribution < 1.29 is 9.47 Å². The van der Waals surface area contributed by atoms with Crippen molar-refractivity contribution in [3.63, 3.8) is 0 Å². The second-order valence-corrected chi connectivity index (χ2v) is 5.86. The summed E-state index contributed by atoms with van der Waals surface area (Å²) in [6.45, 7) is 0.768. The first-order valence-corrected chi connectivity index (χ1v) is 7.79. The minimum atomic E-state index is 0.253. The van der Waals surface area contributed by atoms with E-state index in [1.807, 2.05) is 24.3 Å². The molecule has 1 aromatic rings. The van der Waals surface area contributed by atoms with Gasteiger partial charge in [0.25, 0.3) is 0 Å². The van der Waals surface area contributed by atoms with E-state index in [2.05, 4.69) is 12.6 Å². The lowest BCUT2D eigenvalue weighted by Gasteiger charge is -2.31.